The largest absolute Gasteiger partial charge is 0.504 e. The lowest BCUT2D eigenvalue weighted by atomic mass is 9.81. The molecule has 104 valence electrons. The number of halogens is 2. The fraction of sp³-hybridized carbons (Fsp3) is 0.500. The number of aliphatic hydroxyl groups is 1. The summed E-state index contributed by atoms with van der Waals surface area (Å²) >= 11 is 3.36. The zero-order valence-electron chi connectivity index (χ0n) is 10.6. The van der Waals surface area contributed by atoms with Gasteiger partial charge in [-0.1, -0.05) is 29.8 Å². The highest BCUT2D eigenvalue weighted by Crippen LogP contribution is 2.43. The molecule has 0 unspecified atom stereocenters. The Kier molecular flexibility index (Phi) is 6.43. The average Bonchev–Trinajstić information content (AvgIpc) is 2.29. The third-order valence-electron chi connectivity index (χ3n) is 2.91. The van der Waals surface area contributed by atoms with Crippen LogP contribution >= 0.6 is 28.3 Å². The number of methoxy groups -OCH3 is 1. The standard InChI is InChI=1S/C12H18BrNO3.ClH/c1-12(2,6-15)11(14)9-7(13)4-5-8(17-3)10(9)16;/h4-5,11,15-16H,6,14H2,1-3H3;1H/t11-;/m1./s1. The Morgan fingerprint density at radius 2 is 2.00 bits per heavy atom. The first kappa shape index (κ1) is 17.5. The van der Waals surface area contributed by atoms with Gasteiger partial charge in [-0.25, -0.2) is 0 Å². The van der Waals surface area contributed by atoms with Crippen LogP contribution in [0.25, 0.3) is 0 Å². The Balaban J connectivity index is 0.00000289. The number of aromatic hydroxyl groups is 1. The van der Waals surface area contributed by atoms with Gasteiger partial charge in [-0.15, -0.1) is 12.4 Å². The van der Waals surface area contributed by atoms with Crippen molar-refractivity contribution in [2.24, 2.45) is 11.1 Å². The van der Waals surface area contributed by atoms with Gasteiger partial charge in [-0.2, -0.15) is 0 Å². The minimum absolute atomic E-state index is 0. The first-order valence-corrected chi connectivity index (χ1v) is 6.06. The molecule has 4 N–H and O–H groups in total. The van der Waals surface area contributed by atoms with Crippen LogP contribution in [-0.2, 0) is 0 Å². The van der Waals surface area contributed by atoms with Crippen LogP contribution in [0.15, 0.2) is 16.6 Å². The first-order chi connectivity index (χ1) is 7.85. The van der Waals surface area contributed by atoms with Gasteiger partial charge in [0.25, 0.3) is 0 Å². The van der Waals surface area contributed by atoms with Crippen LogP contribution in [-0.4, -0.2) is 23.9 Å². The lowest BCUT2D eigenvalue weighted by Gasteiger charge is -2.31. The summed E-state index contributed by atoms with van der Waals surface area (Å²) in [7, 11) is 1.48. The Hall–Kier alpha value is -0.490. The lowest BCUT2D eigenvalue weighted by molar-refractivity contribution is 0.130. The molecule has 0 aliphatic heterocycles. The van der Waals surface area contributed by atoms with E-state index in [1.54, 1.807) is 12.1 Å². The molecule has 1 atom stereocenters. The third kappa shape index (κ3) is 3.29. The van der Waals surface area contributed by atoms with Crippen molar-refractivity contribution >= 4 is 28.3 Å². The Bertz CT molecular complexity index is 413. The molecule has 0 saturated carbocycles. The van der Waals surface area contributed by atoms with E-state index in [0.717, 1.165) is 0 Å². The van der Waals surface area contributed by atoms with E-state index < -0.39 is 11.5 Å². The number of rotatable bonds is 4. The predicted octanol–water partition coefficient (Wildman–Crippen LogP) is 2.60. The predicted molar refractivity (Wildman–Crippen MR) is 77.4 cm³/mol. The Labute approximate surface area is 122 Å². The van der Waals surface area contributed by atoms with Gasteiger partial charge < -0.3 is 20.7 Å². The van der Waals surface area contributed by atoms with E-state index in [1.165, 1.54) is 7.11 Å². The molecule has 0 heterocycles. The molecular weight excluding hydrogens is 321 g/mol. The van der Waals surface area contributed by atoms with Crippen LogP contribution in [0.3, 0.4) is 0 Å². The zero-order valence-corrected chi connectivity index (χ0v) is 13.0. The molecule has 0 bridgehead atoms. The second-order valence-electron chi connectivity index (χ2n) is 4.64. The quantitative estimate of drug-likeness (QED) is 0.787. The van der Waals surface area contributed by atoms with Crippen molar-refractivity contribution in [3.8, 4) is 11.5 Å². The van der Waals surface area contributed by atoms with Gasteiger partial charge in [0.05, 0.1) is 7.11 Å². The molecule has 1 aromatic rings. The maximum absolute atomic E-state index is 10.1. The highest BCUT2D eigenvalue weighted by molar-refractivity contribution is 9.10. The molecule has 0 spiro atoms. The van der Waals surface area contributed by atoms with Gasteiger partial charge in [0.1, 0.15) is 0 Å². The Morgan fingerprint density at radius 3 is 2.44 bits per heavy atom. The van der Waals surface area contributed by atoms with Crippen LogP contribution in [0, 0.1) is 5.41 Å². The summed E-state index contributed by atoms with van der Waals surface area (Å²) in [5, 5.41) is 19.4. The fourth-order valence-corrected chi connectivity index (χ4v) is 2.08. The highest BCUT2D eigenvalue weighted by Gasteiger charge is 2.31. The molecule has 1 aromatic carbocycles. The van der Waals surface area contributed by atoms with Gasteiger partial charge in [0, 0.05) is 28.1 Å². The van der Waals surface area contributed by atoms with Crippen LogP contribution in [0.5, 0.6) is 11.5 Å². The van der Waals surface area contributed by atoms with Crippen molar-refractivity contribution in [1.82, 2.24) is 0 Å². The van der Waals surface area contributed by atoms with E-state index in [9.17, 15) is 10.2 Å². The molecule has 6 heteroatoms. The number of phenols is 1. The summed E-state index contributed by atoms with van der Waals surface area (Å²) in [4.78, 5) is 0. The molecule has 0 fully saturated rings. The molecule has 18 heavy (non-hydrogen) atoms. The third-order valence-corrected chi connectivity index (χ3v) is 3.60. The molecule has 0 aromatic heterocycles. The maximum Gasteiger partial charge on any atom is 0.163 e. The second kappa shape index (κ2) is 6.61. The number of benzene rings is 1. The van der Waals surface area contributed by atoms with Gasteiger partial charge in [-0.3, -0.25) is 0 Å². The minimum Gasteiger partial charge on any atom is -0.504 e. The topological polar surface area (TPSA) is 75.7 Å². The first-order valence-electron chi connectivity index (χ1n) is 5.27. The minimum atomic E-state index is -0.535. The number of ether oxygens (including phenoxy) is 1. The van der Waals surface area contributed by atoms with Gasteiger partial charge >= 0.3 is 0 Å². The summed E-state index contributed by atoms with van der Waals surface area (Å²) in [6.45, 7) is 3.60. The van der Waals surface area contributed by atoms with Crippen LogP contribution in [0.2, 0.25) is 0 Å². The molecule has 0 amide bonds. The smallest absolute Gasteiger partial charge is 0.163 e. The SMILES string of the molecule is COc1ccc(Br)c([C@@H](N)C(C)(C)CO)c1O.Cl. The van der Waals surface area contributed by atoms with E-state index >= 15 is 0 Å². The number of hydrogen-bond acceptors (Lipinski definition) is 4. The van der Waals surface area contributed by atoms with Gasteiger partial charge in [0.2, 0.25) is 0 Å². The molecular formula is C12H19BrClNO3. The van der Waals surface area contributed by atoms with E-state index in [0.29, 0.717) is 15.8 Å². The van der Waals surface area contributed by atoms with Crippen LogP contribution in [0.4, 0.5) is 0 Å². The van der Waals surface area contributed by atoms with Crippen LogP contribution < -0.4 is 10.5 Å². The molecule has 0 aliphatic rings. The van der Waals surface area contributed by atoms with Crippen molar-refractivity contribution in [3.63, 3.8) is 0 Å². The van der Waals surface area contributed by atoms with Gasteiger partial charge in [-0.05, 0) is 12.1 Å². The summed E-state index contributed by atoms with van der Waals surface area (Å²) in [6.07, 6.45) is 0. The number of aliphatic hydroxyl groups excluding tert-OH is 1. The van der Waals surface area contributed by atoms with Crippen molar-refractivity contribution < 1.29 is 14.9 Å². The second-order valence-corrected chi connectivity index (χ2v) is 5.49. The van der Waals surface area contributed by atoms with E-state index in [-0.39, 0.29) is 24.8 Å². The van der Waals surface area contributed by atoms with Crippen molar-refractivity contribution in [3.05, 3.63) is 22.2 Å². The van der Waals surface area contributed by atoms with E-state index in [4.69, 9.17) is 10.5 Å². The number of hydrogen-bond donors (Lipinski definition) is 3. The molecule has 4 nitrogen and oxygen atoms in total. The normalized spacial score (nSPS) is 12.8. The fourth-order valence-electron chi connectivity index (χ4n) is 1.51. The van der Waals surface area contributed by atoms with Crippen molar-refractivity contribution in [2.75, 3.05) is 13.7 Å². The monoisotopic (exact) mass is 339 g/mol. The highest BCUT2D eigenvalue weighted by atomic mass is 79.9. The molecule has 0 radical (unpaired) electrons. The van der Waals surface area contributed by atoms with Crippen molar-refractivity contribution in [1.29, 1.82) is 0 Å². The summed E-state index contributed by atoms with van der Waals surface area (Å²) in [6, 6.07) is 2.92. The average molecular weight is 341 g/mol. The summed E-state index contributed by atoms with van der Waals surface area (Å²) in [5.74, 6) is 0.378. The number of nitrogens with two attached hydrogens (primary N) is 1. The van der Waals surface area contributed by atoms with Crippen LogP contribution in [0.1, 0.15) is 25.5 Å². The van der Waals surface area contributed by atoms with E-state index in [2.05, 4.69) is 15.9 Å². The maximum atomic E-state index is 10.1. The summed E-state index contributed by atoms with van der Waals surface area (Å²) in [5.41, 5.74) is 6.11. The van der Waals surface area contributed by atoms with Gasteiger partial charge in [0.15, 0.2) is 11.5 Å². The Morgan fingerprint density at radius 1 is 1.44 bits per heavy atom. The lowest BCUT2D eigenvalue weighted by Crippen LogP contribution is -2.32. The van der Waals surface area contributed by atoms with E-state index in [1.807, 2.05) is 13.8 Å². The number of phenolic OH excluding ortho intramolecular Hbond substituents is 1. The zero-order chi connectivity index (χ0) is 13.2. The van der Waals surface area contributed by atoms with Crippen molar-refractivity contribution in [2.45, 2.75) is 19.9 Å². The molecule has 0 saturated heterocycles. The molecule has 1 rings (SSSR count). The molecule has 0 aliphatic carbocycles. The summed E-state index contributed by atoms with van der Waals surface area (Å²) < 4.78 is 5.75.